The van der Waals surface area contributed by atoms with Crippen molar-refractivity contribution in [2.24, 2.45) is 5.92 Å². The number of nitro groups is 1. The molecule has 1 atom stereocenters. The fourth-order valence-corrected chi connectivity index (χ4v) is 4.08. The Bertz CT molecular complexity index is 1390. The van der Waals surface area contributed by atoms with E-state index in [4.69, 9.17) is 9.47 Å². The van der Waals surface area contributed by atoms with Gasteiger partial charge in [0.1, 0.15) is 11.5 Å². The second-order valence-electron chi connectivity index (χ2n) is 9.31. The molecule has 3 aromatic carbocycles. The van der Waals surface area contributed by atoms with Crippen molar-refractivity contribution in [1.82, 2.24) is 5.32 Å². The van der Waals surface area contributed by atoms with E-state index in [9.17, 15) is 24.5 Å². The van der Waals surface area contributed by atoms with E-state index < -0.39 is 22.8 Å². The summed E-state index contributed by atoms with van der Waals surface area (Å²) in [5.41, 5.74) is 0.518. The maximum absolute atomic E-state index is 13.3. The number of carbonyl (C=O) groups excluding carboxylic acids is 3. The maximum atomic E-state index is 13.3. The molecular weight excluding hydrogens is 528 g/mol. The zero-order valence-corrected chi connectivity index (χ0v) is 23.3. The number of hydrogen-bond donors (Lipinski definition) is 3. The third-order valence-corrected chi connectivity index (χ3v) is 6.39. The Kier molecular flexibility index (Phi) is 11.2. The highest BCUT2D eigenvalue weighted by molar-refractivity contribution is 6.13. The van der Waals surface area contributed by atoms with Gasteiger partial charge in [-0.25, -0.2) is 4.79 Å². The normalized spacial score (nSPS) is 11.2. The lowest BCUT2D eigenvalue weighted by Gasteiger charge is -2.18. The topological polar surface area (TPSA) is 149 Å². The van der Waals surface area contributed by atoms with Gasteiger partial charge in [-0.15, -0.1) is 0 Å². The van der Waals surface area contributed by atoms with Crippen LogP contribution in [-0.4, -0.2) is 36.5 Å². The number of rotatable bonds is 13. The number of ether oxygens (including phenoxy) is 2. The molecule has 3 aromatic rings. The van der Waals surface area contributed by atoms with Crippen LogP contribution in [0.25, 0.3) is 0 Å². The number of nitro benzene ring substituents is 1. The van der Waals surface area contributed by atoms with Crippen molar-refractivity contribution in [1.29, 1.82) is 0 Å². The van der Waals surface area contributed by atoms with Crippen molar-refractivity contribution in [3.8, 4) is 11.5 Å². The first kappa shape index (κ1) is 30.6. The molecule has 0 aromatic heterocycles. The van der Waals surface area contributed by atoms with Crippen molar-refractivity contribution < 1.29 is 28.8 Å². The van der Waals surface area contributed by atoms with Gasteiger partial charge in [0.2, 0.25) is 0 Å². The quantitative estimate of drug-likeness (QED) is 0.124. The minimum atomic E-state index is -0.722. The Morgan fingerprint density at radius 2 is 1.59 bits per heavy atom. The molecule has 0 radical (unpaired) electrons. The number of nitrogens with one attached hydrogen (secondary N) is 3. The molecule has 0 heterocycles. The van der Waals surface area contributed by atoms with Gasteiger partial charge in [0, 0.05) is 23.5 Å². The largest absolute Gasteiger partial charge is 0.496 e. The fourth-order valence-electron chi connectivity index (χ4n) is 4.08. The van der Waals surface area contributed by atoms with E-state index in [1.807, 2.05) is 0 Å². The molecule has 41 heavy (non-hydrogen) atoms. The van der Waals surface area contributed by atoms with Crippen LogP contribution in [0.5, 0.6) is 11.5 Å². The number of imide groups is 1. The Labute approximate surface area is 238 Å². The van der Waals surface area contributed by atoms with Gasteiger partial charge in [0.25, 0.3) is 17.5 Å². The summed E-state index contributed by atoms with van der Waals surface area (Å²) in [4.78, 5) is 49.3. The van der Waals surface area contributed by atoms with Gasteiger partial charge in [0.15, 0.2) is 0 Å². The smallest absolute Gasteiger partial charge is 0.323 e. The SMILES string of the molecule is CCCCC(CC)COc1ccc(NC(=O)Nc2cccc([N+](=O)[O-])c2)cc1C(=O)NC(=O)c1ccccc1OC. The molecule has 0 aliphatic carbocycles. The van der Waals surface area contributed by atoms with Crippen LogP contribution in [0.1, 0.15) is 60.2 Å². The molecular formula is C30H34N4O7. The monoisotopic (exact) mass is 562 g/mol. The van der Waals surface area contributed by atoms with Gasteiger partial charge in [-0.05, 0) is 48.7 Å². The molecule has 1 unspecified atom stereocenters. The van der Waals surface area contributed by atoms with E-state index in [1.54, 1.807) is 30.3 Å². The Morgan fingerprint density at radius 3 is 2.27 bits per heavy atom. The lowest BCUT2D eigenvalue weighted by Crippen LogP contribution is -2.31. The number of methoxy groups -OCH3 is 1. The predicted octanol–water partition coefficient (Wildman–Crippen LogP) is 6.41. The summed E-state index contributed by atoms with van der Waals surface area (Å²) in [6, 6.07) is 15.8. The van der Waals surface area contributed by atoms with E-state index in [1.165, 1.54) is 43.5 Å². The summed E-state index contributed by atoms with van der Waals surface area (Å²) in [6.07, 6.45) is 4.02. The molecule has 0 saturated heterocycles. The summed E-state index contributed by atoms with van der Waals surface area (Å²) in [5.74, 6) is -0.520. The van der Waals surface area contributed by atoms with Crippen molar-refractivity contribution in [2.75, 3.05) is 24.4 Å². The van der Waals surface area contributed by atoms with E-state index in [0.29, 0.717) is 18.3 Å². The van der Waals surface area contributed by atoms with Crippen LogP contribution in [0.2, 0.25) is 0 Å². The maximum Gasteiger partial charge on any atom is 0.323 e. The van der Waals surface area contributed by atoms with Crippen molar-refractivity contribution in [3.63, 3.8) is 0 Å². The number of unbranched alkanes of at least 4 members (excludes halogenated alkanes) is 1. The second-order valence-corrected chi connectivity index (χ2v) is 9.31. The van der Waals surface area contributed by atoms with Crippen LogP contribution in [0.15, 0.2) is 66.7 Å². The van der Waals surface area contributed by atoms with E-state index >= 15 is 0 Å². The molecule has 3 rings (SSSR count). The summed E-state index contributed by atoms with van der Waals surface area (Å²) >= 11 is 0. The van der Waals surface area contributed by atoms with E-state index in [0.717, 1.165) is 25.7 Å². The zero-order valence-electron chi connectivity index (χ0n) is 23.3. The van der Waals surface area contributed by atoms with E-state index in [-0.39, 0.29) is 33.9 Å². The van der Waals surface area contributed by atoms with Gasteiger partial charge in [-0.1, -0.05) is 51.3 Å². The minimum Gasteiger partial charge on any atom is -0.496 e. The van der Waals surface area contributed by atoms with Crippen molar-refractivity contribution in [3.05, 3.63) is 88.0 Å². The molecule has 0 saturated carbocycles. The van der Waals surface area contributed by atoms with Gasteiger partial charge in [-0.3, -0.25) is 25.0 Å². The van der Waals surface area contributed by atoms with Gasteiger partial charge >= 0.3 is 6.03 Å². The molecule has 216 valence electrons. The number of nitrogens with zero attached hydrogens (tertiary/aromatic N) is 1. The highest BCUT2D eigenvalue weighted by Gasteiger charge is 2.21. The lowest BCUT2D eigenvalue weighted by molar-refractivity contribution is -0.384. The van der Waals surface area contributed by atoms with Crippen LogP contribution in [0.4, 0.5) is 21.9 Å². The minimum absolute atomic E-state index is 0.0479. The van der Waals surface area contributed by atoms with Crippen LogP contribution < -0.4 is 25.4 Å². The lowest BCUT2D eigenvalue weighted by atomic mass is 10.0. The van der Waals surface area contributed by atoms with E-state index in [2.05, 4.69) is 29.8 Å². The Morgan fingerprint density at radius 1 is 0.878 bits per heavy atom. The number of benzene rings is 3. The molecule has 0 fully saturated rings. The average Bonchev–Trinajstić information content (AvgIpc) is 2.97. The molecule has 3 N–H and O–H groups in total. The van der Waals surface area contributed by atoms with Crippen molar-refractivity contribution in [2.45, 2.75) is 39.5 Å². The molecule has 0 spiro atoms. The Hall–Kier alpha value is -4.93. The number of urea groups is 1. The summed E-state index contributed by atoms with van der Waals surface area (Å²) in [5, 5.41) is 18.5. The van der Waals surface area contributed by atoms with Gasteiger partial charge in [-0.2, -0.15) is 0 Å². The first-order valence-electron chi connectivity index (χ1n) is 13.3. The number of amides is 4. The number of non-ortho nitro benzene ring substituents is 1. The number of hydrogen-bond acceptors (Lipinski definition) is 7. The molecule has 0 aliphatic heterocycles. The summed E-state index contributed by atoms with van der Waals surface area (Å²) < 4.78 is 11.3. The predicted molar refractivity (Wildman–Crippen MR) is 156 cm³/mol. The zero-order chi connectivity index (χ0) is 29.8. The average molecular weight is 563 g/mol. The highest BCUT2D eigenvalue weighted by atomic mass is 16.6. The Balaban J connectivity index is 1.83. The fraction of sp³-hybridized carbons (Fsp3) is 0.300. The molecule has 11 heteroatoms. The highest BCUT2D eigenvalue weighted by Crippen LogP contribution is 2.26. The van der Waals surface area contributed by atoms with Crippen LogP contribution >= 0.6 is 0 Å². The van der Waals surface area contributed by atoms with Gasteiger partial charge < -0.3 is 20.1 Å². The third kappa shape index (κ3) is 8.79. The second kappa shape index (κ2) is 15.0. The molecule has 4 amide bonds. The van der Waals surface area contributed by atoms with Crippen LogP contribution in [0, 0.1) is 16.0 Å². The molecule has 0 bridgehead atoms. The molecule has 0 aliphatic rings. The third-order valence-electron chi connectivity index (χ3n) is 6.39. The van der Waals surface area contributed by atoms with Crippen LogP contribution in [0.3, 0.4) is 0 Å². The van der Waals surface area contributed by atoms with Crippen molar-refractivity contribution >= 4 is 34.9 Å². The number of carbonyl (C=O) groups is 3. The number of para-hydroxylation sites is 1. The first-order valence-corrected chi connectivity index (χ1v) is 13.3. The van der Waals surface area contributed by atoms with Crippen LogP contribution in [-0.2, 0) is 0 Å². The standard InChI is InChI=1S/C30H34N4O7/c1-4-6-10-20(5-2)19-41-27-16-15-22(32-30(37)31-21-11-9-12-23(17-21)34(38)39)18-25(27)29(36)33-28(35)24-13-7-8-14-26(24)40-3/h7-9,11-18,20H,4-6,10,19H2,1-3H3,(H2,31,32,37)(H,33,35,36). The first-order chi connectivity index (χ1) is 19.7. The van der Waals surface area contributed by atoms with Gasteiger partial charge in [0.05, 0.1) is 29.8 Å². The summed E-state index contributed by atoms with van der Waals surface area (Å²) in [7, 11) is 1.43. The summed E-state index contributed by atoms with van der Waals surface area (Å²) in [6.45, 7) is 4.59. The molecule has 11 nitrogen and oxygen atoms in total. The number of anilines is 2.